The Hall–Kier alpha value is -2.62. The molecule has 0 unspecified atom stereocenters. The van der Waals surface area contributed by atoms with Gasteiger partial charge in [-0.05, 0) is 36.6 Å². The van der Waals surface area contributed by atoms with Gasteiger partial charge in [-0.2, -0.15) is 0 Å². The summed E-state index contributed by atoms with van der Waals surface area (Å²) in [6, 6.07) is 16.4. The van der Waals surface area contributed by atoms with E-state index in [0.29, 0.717) is 17.7 Å². The molecule has 0 spiro atoms. The fourth-order valence-electron chi connectivity index (χ4n) is 2.02. The van der Waals surface area contributed by atoms with Crippen molar-refractivity contribution in [3.05, 3.63) is 95.1 Å². The van der Waals surface area contributed by atoms with E-state index >= 15 is 0 Å². The average Bonchev–Trinajstić information content (AvgIpc) is 2.56. The van der Waals surface area contributed by atoms with Gasteiger partial charge in [0.05, 0.1) is 0 Å². The third kappa shape index (κ3) is 5.45. The molecule has 132 valence electrons. The molecule has 0 heterocycles. The maximum Gasteiger partial charge on any atom is 0.131 e. The molecule has 3 aromatic carbocycles. The van der Waals surface area contributed by atoms with Gasteiger partial charge in [0.2, 0.25) is 0 Å². The quantitative estimate of drug-likeness (QED) is 0.422. The van der Waals surface area contributed by atoms with Crippen LogP contribution in [0, 0.1) is 37.1 Å². The lowest BCUT2D eigenvalue weighted by Gasteiger charge is -2.02. The molecule has 0 saturated heterocycles. The van der Waals surface area contributed by atoms with E-state index in [1.54, 1.807) is 19.1 Å². The SMILES string of the molecule is C.Cc1c(F)cc(F)cc1F.Cc1ccc(-c2ccccc2)cc1F. The number of halogens is 4. The summed E-state index contributed by atoms with van der Waals surface area (Å²) in [4.78, 5) is 0. The molecule has 0 fully saturated rings. The molecule has 25 heavy (non-hydrogen) atoms. The Bertz CT molecular complexity index is 804. The van der Waals surface area contributed by atoms with Crippen LogP contribution in [-0.4, -0.2) is 0 Å². The maximum atomic E-state index is 13.3. The van der Waals surface area contributed by atoms with E-state index in [1.165, 1.54) is 6.92 Å². The van der Waals surface area contributed by atoms with E-state index in [0.717, 1.165) is 11.1 Å². The minimum atomic E-state index is -0.888. The lowest BCUT2D eigenvalue weighted by molar-refractivity contribution is 0.532. The van der Waals surface area contributed by atoms with Gasteiger partial charge >= 0.3 is 0 Å². The van der Waals surface area contributed by atoms with Crippen molar-refractivity contribution in [2.45, 2.75) is 21.3 Å². The van der Waals surface area contributed by atoms with Crippen molar-refractivity contribution >= 4 is 0 Å². The Morgan fingerprint density at radius 2 is 1.16 bits per heavy atom. The lowest BCUT2D eigenvalue weighted by atomic mass is 10.0. The van der Waals surface area contributed by atoms with Gasteiger partial charge in [0.15, 0.2) is 0 Å². The van der Waals surface area contributed by atoms with Crippen molar-refractivity contribution in [1.29, 1.82) is 0 Å². The molecular weight excluding hydrogens is 328 g/mol. The summed E-state index contributed by atoms with van der Waals surface area (Å²) in [5, 5.41) is 0. The molecule has 0 radical (unpaired) electrons. The van der Waals surface area contributed by atoms with E-state index in [2.05, 4.69) is 0 Å². The van der Waals surface area contributed by atoms with E-state index in [4.69, 9.17) is 0 Å². The minimum absolute atomic E-state index is 0. The van der Waals surface area contributed by atoms with Crippen molar-refractivity contribution in [1.82, 2.24) is 0 Å². The van der Waals surface area contributed by atoms with Crippen LogP contribution in [0.25, 0.3) is 11.1 Å². The highest BCUT2D eigenvalue weighted by atomic mass is 19.1. The smallest absolute Gasteiger partial charge is 0.131 e. The van der Waals surface area contributed by atoms with Crippen LogP contribution in [0.15, 0.2) is 60.7 Å². The largest absolute Gasteiger partial charge is 0.207 e. The predicted molar refractivity (Wildman–Crippen MR) is 94.4 cm³/mol. The Morgan fingerprint density at radius 3 is 1.68 bits per heavy atom. The molecule has 0 saturated carbocycles. The summed E-state index contributed by atoms with van der Waals surface area (Å²) in [6.07, 6.45) is 0. The first kappa shape index (κ1) is 20.4. The summed E-state index contributed by atoms with van der Waals surface area (Å²) in [7, 11) is 0. The fourth-order valence-corrected chi connectivity index (χ4v) is 2.02. The average molecular weight is 348 g/mol. The van der Waals surface area contributed by atoms with E-state index in [9.17, 15) is 17.6 Å². The molecule has 0 aliphatic carbocycles. The molecule has 0 aromatic heterocycles. The summed E-state index contributed by atoms with van der Waals surface area (Å²) in [5.41, 5.74) is 2.51. The third-order valence-corrected chi connectivity index (χ3v) is 3.52. The number of aryl methyl sites for hydroxylation is 1. The standard InChI is InChI=1S/C13H11F.C7H5F3.CH4/c1-10-7-8-12(9-13(10)14)11-5-3-2-4-6-11;1-4-6(9)2-5(8)3-7(4)10;/h2-9H,1H3;2-3H,1H3;1H4. The first-order valence-corrected chi connectivity index (χ1v) is 7.31. The summed E-state index contributed by atoms with van der Waals surface area (Å²) in [6.45, 7) is 3.02. The Labute approximate surface area is 145 Å². The van der Waals surface area contributed by atoms with Gasteiger partial charge < -0.3 is 0 Å². The first-order chi connectivity index (χ1) is 11.4. The highest BCUT2D eigenvalue weighted by Gasteiger charge is 2.05. The molecule has 0 N–H and O–H groups in total. The Balaban J connectivity index is 0.000000254. The predicted octanol–water partition coefficient (Wildman–Crippen LogP) is 6.85. The second-order valence-electron chi connectivity index (χ2n) is 5.32. The van der Waals surface area contributed by atoms with Crippen molar-refractivity contribution in [3.63, 3.8) is 0 Å². The molecule has 4 heteroatoms. The van der Waals surface area contributed by atoms with E-state index < -0.39 is 17.5 Å². The lowest BCUT2D eigenvalue weighted by Crippen LogP contribution is -1.89. The van der Waals surface area contributed by atoms with Gasteiger partial charge in [-0.25, -0.2) is 17.6 Å². The van der Waals surface area contributed by atoms with Crippen molar-refractivity contribution in [2.75, 3.05) is 0 Å². The Kier molecular flexibility index (Phi) is 7.37. The fraction of sp³-hybridized carbons (Fsp3) is 0.143. The molecule has 0 aliphatic heterocycles. The van der Waals surface area contributed by atoms with Gasteiger partial charge in [-0.1, -0.05) is 49.9 Å². The highest BCUT2D eigenvalue weighted by Crippen LogP contribution is 2.21. The van der Waals surface area contributed by atoms with Gasteiger partial charge in [-0.15, -0.1) is 0 Å². The number of rotatable bonds is 1. The van der Waals surface area contributed by atoms with Crippen LogP contribution >= 0.6 is 0 Å². The van der Waals surface area contributed by atoms with Crippen LogP contribution in [0.4, 0.5) is 17.6 Å². The van der Waals surface area contributed by atoms with Crippen LogP contribution in [0.3, 0.4) is 0 Å². The monoisotopic (exact) mass is 348 g/mol. The summed E-state index contributed by atoms with van der Waals surface area (Å²) >= 11 is 0. The number of benzene rings is 3. The van der Waals surface area contributed by atoms with E-state index in [1.807, 2.05) is 36.4 Å². The Morgan fingerprint density at radius 1 is 0.600 bits per heavy atom. The highest BCUT2D eigenvalue weighted by molar-refractivity contribution is 5.63. The zero-order valence-corrected chi connectivity index (χ0v) is 13.3. The molecule has 0 bridgehead atoms. The van der Waals surface area contributed by atoms with Gasteiger partial charge in [0, 0.05) is 17.7 Å². The third-order valence-electron chi connectivity index (χ3n) is 3.52. The maximum absolute atomic E-state index is 13.3. The second-order valence-corrected chi connectivity index (χ2v) is 5.32. The topological polar surface area (TPSA) is 0 Å². The van der Waals surface area contributed by atoms with Crippen molar-refractivity contribution in [2.24, 2.45) is 0 Å². The normalized spacial score (nSPS) is 9.68. The number of hydrogen-bond acceptors (Lipinski definition) is 0. The zero-order chi connectivity index (χ0) is 17.7. The van der Waals surface area contributed by atoms with Crippen molar-refractivity contribution in [3.8, 4) is 11.1 Å². The van der Waals surface area contributed by atoms with Crippen molar-refractivity contribution < 1.29 is 17.6 Å². The van der Waals surface area contributed by atoms with Gasteiger partial charge in [0.1, 0.15) is 23.3 Å². The van der Waals surface area contributed by atoms with Crippen LogP contribution in [-0.2, 0) is 0 Å². The van der Waals surface area contributed by atoms with Crippen LogP contribution in [0.2, 0.25) is 0 Å². The molecule has 0 nitrogen and oxygen atoms in total. The second kappa shape index (κ2) is 9.02. The molecule has 0 aliphatic rings. The minimum Gasteiger partial charge on any atom is -0.207 e. The van der Waals surface area contributed by atoms with Crippen LogP contribution in [0.5, 0.6) is 0 Å². The van der Waals surface area contributed by atoms with E-state index in [-0.39, 0.29) is 18.8 Å². The molecular formula is C21H20F4. The first-order valence-electron chi connectivity index (χ1n) is 7.31. The van der Waals surface area contributed by atoms with Crippen LogP contribution in [0.1, 0.15) is 18.6 Å². The van der Waals surface area contributed by atoms with Gasteiger partial charge in [0.25, 0.3) is 0 Å². The van der Waals surface area contributed by atoms with Gasteiger partial charge in [-0.3, -0.25) is 0 Å². The summed E-state index contributed by atoms with van der Waals surface area (Å²) in [5.74, 6) is -2.73. The molecule has 0 amide bonds. The molecule has 3 aromatic rings. The zero-order valence-electron chi connectivity index (χ0n) is 13.3. The molecule has 3 rings (SSSR count). The summed E-state index contributed by atoms with van der Waals surface area (Å²) < 4.78 is 50.1. The molecule has 0 atom stereocenters. The number of hydrogen-bond donors (Lipinski definition) is 0. The van der Waals surface area contributed by atoms with Crippen LogP contribution < -0.4 is 0 Å².